The molecule has 2 amide bonds. The van der Waals surface area contributed by atoms with Gasteiger partial charge in [0.2, 0.25) is 11.8 Å². The molecule has 2 aromatic rings. The highest BCUT2D eigenvalue weighted by Crippen LogP contribution is 2.38. The molecule has 3 N–H and O–H groups in total. The number of hydrazine groups is 2. The van der Waals surface area contributed by atoms with Crippen LogP contribution in [0.2, 0.25) is 0 Å². The molecule has 7 nitrogen and oxygen atoms in total. The zero-order chi connectivity index (χ0) is 21.1. The van der Waals surface area contributed by atoms with Crippen LogP contribution < -0.4 is 21.2 Å². The minimum Gasteiger partial charge on any atom is -0.356 e. The minimum atomic E-state index is -0.0841. The van der Waals surface area contributed by atoms with Gasteiger partial charge in [0.25, 0.3) is 0 Å². The van der Waals surface area contributed by atoms with Crippen molar-refractivity contribution in [1.82, 2.24) is 21.3 Å². The molecule has 4 rings (SSSR count). The lowest BCUT2D eigenvalue weighted by Gasteiger charge is -2.29. The maximum atomic E-state index is 13.3. The third-order valence-electron chi connectivity index (χ3n) is 5.43. The van der Waals surface area contributed by atoms with Crippen LogP contribution in [0.25, 0.3) is 11.4 Å². The van der Waals surface area contributed by atoms with Crippen molar-refractivity contribution in [1.29, 1.82) is 0 Å². The average molecular weight is 406 g/mol. The second-order valence-corrected chi connectivity index (χ2v) is 7.52. The Hall–Kier alpha value is -3.32. The van der Waals surface area contributed by atoms with Gasteiger partial charge in [-0.15, -0.1) is 5.53 Å². The number of rotatable bonds is 5. The molecule has 0 unspecified atom stereocenters. The van der Waals surface area contributed by atoms with E-state index >= 15 is 0 Å². The summed E-state index contributed by atoms with van der Waals surface area (Å²) in [5.41, 5.74) is 12.3. The second kappa shape index (κ2) is 8.59. The lowest BCUT2D eigenvalue weighted by molar-refractivity contribution is -0.125. The predicted molar refractivity (Wildman–Crippen MR) is 117 cm³/mol. The smallest absolute Gasteiger partial charge is 0.227 e. The lowest BCUT2D eigenvalue weighted by Crippen LogP contribution is -2.34. The van der Waals surface area contributed by atoms with E-state index in [1.807, 2.05) is 61.4 Å². The third-order valence-corrected chi connectivity index (χ3v) is 5.43. The van der Waals surface area contributed by atoms with E-state index < -0.39 is 0 Å². The highest BCUT2D eigenvalue weighted by Gasteiger charge is 2.31. The summed E-state index contributed by atoms with van der Waals surface area (Å²) in [7, 11) is 1.97. The molecule has 30 heavy (non-hydrogen) atoms. The number of benzene rings is 2. The molecular formula is C23H27N5O2. The fraction of sp³-hybridized carbons (Fsp3) is 0.304. The van der Waals surface area contributed by atoms with Gasteiger partial charge in [0, 0.05) is 37.6 Å². The van der Waals surface area contributed by atoms with Crippen LogP contribution in [-0.2, 0) is 16.1 Å². The van der Waals surface area contributed by atoms with Gasteiger partial charge in [-0.25, -0.2) is 0 Å². The third kappa shape index (κ3) is 3.76. The minimum absolute atomic E-state index is 0.0627. The van der Waals surface area contributed by atoms with Crippen LogP contribution in [0.1, 0.15) is 42.9 Å². The van der Waals surface area contributed by atoms with Crippen LogP contribution in [-0.4, -0.2) is 30.4 Å². The topological polar surface area (TPSA) is 76.7 Å². The van der Waals surface area contributed by atoms with E-state index in [2.05, 4.69) is 22.3 Å². The van der Waals surface area contributed by atoms with Crippen molar-refractivity contribution in [3.63, 3.8) is 0 Å². The molecule has 0 fully saturated rings. The monoisotopic (exact) mass is 405 g/mol. The van der Waals surface area contributed by atoms with Crippen molar-refractivity contribution in [3.05, 3.63) is 65.2 Å². The first-order valence-corrected chi connectivity index (χ1v) is 10.3. The van der Waals surface area contributed by atoms with Crippen molar-refractivity contribution in [2.75, 3.05) is 18.5 Å². The van der Waals surface area contributed by atoms with Gasteiger partial charge in [0.1, 0.15) is 0 Å². The number of hydrogen-bond acceptors (Lipinski definition) is 5. The summed E-state index contributed by atoms with van der Waals surface area (Å²) < 4.78 is 0. The van der Waals surface area contributed by atoms with Gasteiger partial charge < -0.3 is 15.6 Å². The second-order valence-electron chi connectivity index (χ2n) is 7.52. The molecule has 0 radical (unpaired) electrons. The highest BCUT2D eigenvalue weighted by molar-refractivity contribution is 6.02. The molecular weight excluding hydrogens is 378 g/mol. The Morgan fingerprint density at radius 1 is 1.03 bits per heavy atom. The molecule has 0 spiro atoms. The van der Waals surface area contributed by atoms with E-state index in [1.165, 1.54) is 0 Å². The first kappa shape index (κ1) is 20.0. The number of carbonyl (C=O) groups excluding carboxylic acids is 2. The molecule has 2 aliphatic rings. The molecule has 0 aromatic heterocycles. The SMILES string of the molecule is CCCNC(=O)CCC(=O)N1Cc2ccccc2C2=C(NNN2C)c2ccccc21. The highest BCUT2D eigenvalue weighted by atomic mass is 16.2. The van der Waals surface area contributed by atoms with Crippen molar-refractivity contribution in [2.45, 2.75) is 32.7 Å². The van der Waals surface area contributed by atoms with Crippen LogP contribution in [0.4, 0.5) is 5.69 Å². The van der Waals surface area contributed by atoms with E-state index in [-0.39, 0.29) is 24.7 Å². The van der Waals surface area contributed by atoms with Crippen molar-refractivity contribution in [2.24, 2.45) is 0 Å². The van der Waals surface area contributed by atoms with Crippen LogP contribution in [0, 0.1) is 0 Å². The molecule has 0 saturated heterocycles. The van der Waals surface area contributed by atoms with Crippen LogP contribution in [0.3, 0.4) is 0 Å². The van der Waals surface area contributed by atoms with E-state index in [9.17, 15) is 9.59 Å². The zero-order valence-corrected chi connectivity index (χ0v) is 17.4. The molecule has 2 heterocycles. The molecule has 0 saturated carbocycles. The van der Waals surface area contributed by atoms with E-state index in [0.29, 0.717) is 13.1 Å². The zero-order valence-electron chi connectivity index (χ0n) is 17.4. The molecule has 2 aliphatic heterocycles. The van der Waals surface area contributed by atoms with Crippen LogP contribution in [0.15, 0.2) is 48.5 Å². The number of nitrogens with one attached hydrogen (secondary N) is 3. The summed E-state index contributed by atoms with van der Waals surface area (Å²) in [5.74, 6) is -0.147. The van der Waals surface area contributed by atoms with Gasteiger partial charge in [-0.2, -0.15) is 0 Å². The summed E-state index contributed by atoms with van der Waals surface area (Å²) in [6.07, 6.45) is 1.24. The number of fused-ring (bicyclic) bond motifs is 4. The molecule has 0 aliphatic carbocycles. The summed E-state index contributed by atoms with van der Waals surface area (Å²) in [4.78, 5) is 27.1. The molecule has 7 heteroatoms. The number of para-hydroxylation sites is 1. The Morgan fingerprint density at radius 3 is 2.57 bits per heavy atom. The van der Waals surface area contributed by atoms with Crippen molar-refractivity contribution >= 4 is 28.9 Å². The number of anilines is 1. The molecule has 2 aromatic carbocycles. The van der Waals surface area contributed by atoms with Crippen molar-refractivity contribution in [3.8, 4) is 0 Å². The maximum Gasteiger partial charge on any atom is 0.227 e. The van der Waals surface area contributed by atoms with E-state index in [1.54, 1.807) is 4.90 Å². The Bertz CT molecular complexity index is 1000. The summed E-state index contributed by atoms with van der Waals surface area (Å²) in [6, 6.07) is 16.0. The quantitative estimate of drug-likeness (QED) is 0.713. The van der Waals surface area contributed by atoms with Crippen molar-refractivity contribution < 1.29 is 9.59 Å². The fourth-order valence-electron chi connectivity index (χ4n) is 3.93. The largest absolute Gasteiger partial charge is 0.356 e. The van der Waals surface area contributed by atoms with Crippen LogP contribution >= 0.6 is 0 Å². The first-order chi connectivity index (χ1) is 14.6. The summed E-state index contributed by atoms with van der Waals surface area (Å²) in [5, 5.41) is 4.80. The van der Waals surface area contributed by atoms with Gasteiger partial charge in [0.15, 0.2) is 0 Å². The number of nitrogens with zero attached hydrogens (tertiary/aromatic N) is 2. The molecule has 0 atom stereocenters. The number of amides is 2. The van der Waals surface area contributed by atoms with Gasteiger partial charge in [-0.1, -0.05) is 49.4 Å². The Kier molecular flexibility index (Phi) is 5.72. The van der Waals surface area contributed by atoms with Gasteiger partial charge in [-0.05, 0) is 18.1 Å². The Balaban J connectivity index is 1.72. The normalized spacial score (nSPS) is 14.9. The maximum absolute atomic E-state index is 13.3. The number of carbonyl (C=O) groups is 2. The van der Waals surface area contributed by atoms with Gasteiger partial charge >= 0.3 is 0 Å². The number of hydrogen-bond donors (Lipinski definition) is 3. The lowest BCUT2D eigenvalue weighted by atomic mass is 9.96. The van der Waals surface area contributed by atoms with E-state index in [0.717, 1.165) is 40.2 Å². The Morgan fingerprint density at radius 2 is 1.77 bits per heavy atom. The standard InChI is InChI=1S/C23H27N5O2/c1-3-14-24-20(29)12-13-21(30)28-15-16-8-4-5-9-17(16)23-22(25-26-27(23)2)18-10-6-7-11-19(18)28/h4-11,25-26H,3,12-15H2,1-2H3,(H,24,29). The van der Waals surface area contributed by atoms with E-state index in [4.69, 9.17) is 0 Å². The Labute approximate surface area is 176 Å². The average Bonchev–Trinajstić information content (AvgIpc) is 3.14. The molecule has 0 bridgehead atoms. The predicted octanol–water partition coefficient (Wildman–Crippen LogP) is 2.62. The summed E-state index contributed by atoms with van der Waals surface area (Å²) >= 11 is 0. The summed E-state index contributed by atoms with van der Waals surface area (Å²) in [6.45, 7) is 3.09. The molecule has 156 valence electrons. The fourth-order valence-corrected chi connectivity index (χ4v) is 3.93. The van der Waals surface area contributed by atoms with Crippen LogP contribution in [0.5, 0.6) is 0 Å². The van der Waals surface area contributed by atoms with Gasteiger partial charge in [-0.3, -0.25) is 14.6 Å². The first-order valence-electron chi connectivity index (χ1n) is 10.3. The van der Waals surface area contributed by atoms with Gasteiger partial charge in [0.05, 0.1) is 23.6 Å².